The van der Waals surface area contributed by atoms with E-state index in [-0.39, 0.29) is 11.8 Å². The van der Waals surface area contributed by atoms with Gasteiger partial charge in [-0.2, -0.15) is 0 Å². The standard InChI is InChI=1S/C10H12N2O2/c1-2-6-3-4-11-9(12-6)7-5-8(7)10(13)14/h3-4,7-8H,2,5H2,1H3,(H,13,14). The Morgan fingerprint density at radius 1 is 1.71 bits per heavy atom. The van der Waals surface area contributed by atoms with Crippen LogP contribution in [0.3, 0.4) is 0 Å². The topological polar surface area (TPSA) is 63.1 Å². The maximum atomic E-state index is 10.6. The molecule has 1 heterocycles. The van der Waals surface area contributed by atoms with Crippen LogP contribution in [0.25, 0.3) is 0 Å². The number of aryl methyl sites for hydroxylation is 1. The molecule has 1 aliphatic rings. The lowest BCUT2D eigenvalue weighted by molar-refractivity contribution is -0.138. The van der Waals surface area contributed by atoms with Gasteiger partial charge in [-0.05, 0) is 18.9 Å². The minimum absolute atomic E-state index is 0.0407. The zero-order valence-corrected chi connectivity index (χ0v) is 7.97. The van der Waals surface area contributed by atoms with E-state index in [0.717, 1.165) is 12.1 Å². The van der Waals surface area contributed by atoms with E-state index >= 15 is 0 Å². The Hall–Kier alpha value is -1.45. The van der Waals surface area contributed by atoms with Crippen LogP contribution >= 0.6 is 0 Å². The molecule has 74 valence electrons. The summed E-state index contributed by atoms with van der Waals surface area (Å²) >= 11 is 0. The molecule has 2 atom stereocenters. The third kappa shape index (κ3) is 1.60. The van der Waals surface area contributed by atoms with Crippen LogP contribution < -0.4 is 0 Å². The predicted octanol–water partition coefficient (Wildman–Crippen LogP) is 1.23. The Morgan fingerprint density at radius 3 is 3.07 bits per heavy atom. The van der Waals surface area contributed by atoms with Gasteiger partial charge in [0.2, 0.25) is 0 Å². The lowest BCUT2D eigenvalue weighted by atomic mass is 10.2. The molecule has 1 aliphatic carbocycles. The van der Waals surface area contributed by atoms with Gasteiger partial charge >= 0.3 is 5.97 Å². The van der Waals surface area contributed by atoms with Gasteiger partial charge in [0.05, 0.1) is 5.92 Å². The molecular formula is C10H12N2O2. The van der Waals surface area contributed by atoms with Crippen molar-refractivity contribution in [1.29, 1.82) is 0 Å². The number of hydrogen-bond acceptors (Lipinski definition) is 3. The quantitative estimate of drug-likeness (QED) is 0.782. The Morgan fingerprint density at radius 2 is 2.50 bits per heavy atom. The van der Waals surface area contributed by atoms with Gasteiger partial charge in [0.15, 0.2) is 0 Å². The highest BCUT2D eigenvalue weighted by Gasteiger charge is 2.46. The summed E-state index contributed by atoms with van der Waals surface area (Å²) in [6.07, 6.45) is 3.25. The highest BCUT2D eigenvalue weighted by molar-refractivity contribution is 5.74. The summed E-state index contributed by atoms with van der Waals surface area (Å²) in [6.45, 7) is 2.02. The van der Waals surface area contributed by atoms with Gasteiger partial charge in [-0.3, -0.25) is 4.79 Å². The molecule has 1 aromatic rings. The van der Waals surface area contributed by atoms with Crippen LogP contribution in [0.4, 0.5) is 0 Å². The number of carboxylic acids is 1. The van der Waals surface area contributed by atoms with Crippen molar-refractivity contribution in [2.75, 3.05) is 0 Å². The van der Waals surface area contributed by atoms with Gasteiger partial charge in [-0.15, -0.1) is 0 Å². The van der Waals surface area contributed by atoms with Crippen molar-refractivity contribution in [1.82, 2.24) is 9.97 Å². The molecule has 1 N–H and O–H groups in total. The highest BCUT2D eigenvalue weighted by atomic mass is 16.4. The number of rotatable bonds is 3. The number of carbonyl (C=O) groups is 1. The normalized spacial score (nSPS) is 24.6. The molecule has 0 aromatic carbocycles. The lowest BCUT2D eigenvalue weighted by Crippen LogP contribution is -2.02. The van der Waals surface area contributed by atoms with Gasteiger partial charge in [0.25, 0.3) is 0 Å². The van der Waals surface area contributed by atoms with Gasteiger partial charge in [-0.25, -0.2) is 9.97 Å². The van der Waals surface area contributed by atoms with Gasteiger partial charge in [-0.1, -0.05) is 6.92 Å². The maximum Gasteiger partial charge on any atom is 0.307 e. The van der Waals surface area contributed by atoms with E-state index < -0.39 is 5.97 Å². The molecule has 0 saturated heterocycles. The first kappa shape index (κ1) is 9.12. The molecule has 1 fully saturated rings. The molecule has 0 aliphatic heterocycles. The minimum atomic E-state index is -0.736. The fourth-order valence-electron chi connectivity index (χ4n) is 1.54. The molecule has 0 bridgehead atoms. The van der Waals surface area contributed by atoms with Crippen molar-refractivity contribution < 1.29 is 9.90 Å². The van der Waals surface area contributed by atoms with Crippen LogP contribution in [0.2, 0.25) is 0 Å². The van der Waals surface area contributed by atoms with E-state index in [9.17, 15) is 4.79 Å². The molecule has 0 radical (unpaired) electrons. The van der Waals surface area contributed by atoms with Crippen LogP contribution in [0.1, 0.15) is 30.8 Å². The fourth-order valence-corrected chi connectivity index (χ4v) is 1.54. The van der Waals surface area contributed by atoms with E-state index in [1.165, 1.54) is 0 Å². The second-order valence-corrected chi connectivity index (χ2v) is 3.55. The molecule has 2 unspecified atom stereocenters. The molecule has 0 spiro atoms. The monoisotopic (exact) mass is 192 g/mol. The molecule has 4 heteroatoms. The molecule has 0 amide bonds. The van der Waals surface area contributed by atoms with E-state index in [1.54, 1.807) is 6.20 Å². The summed E-state index contributed by atoms with van der Waals surface area (Å²) in [7, 11) is 0. The van der Waals surface area contributed by atoms with Crippen molar-refractivity contribution in [3.05, 3.63) is 23.8 Å². The number of nitrogens with zero attached hydrogens (tertiary/aromatic N) is 2. The summed E-state index contributed by atoms with van der Waals surface area (Å²) < 4.78 is 0. The number of aliphatic carboxylic acids is 1. The van der Waals surface area contributed by atoms with Crippen molar-refractivity contribution >= 4 is 5.97 Å². The predicted molar refractivity (Wildman–Crippen MR) is 49.9 cm³/mol. The second-order valence-electron chi connectivity index (χ2n) is 3.55. The zero-order valence-electron chi connectivity index (χ0n) is 7.97. The highest BCUT2D eigenvalue weighted by Crippen LogP contribution is 2.45. The lowest BCUT2D eigenvalue weighted by Gasteiger charge is -1.99. The summed E-state index contributed by atoms with van der Waals surface area (Å²) in [5.74, 6) is -0.265. The van der Waals surface area contributed by atoms with Crippen molar-refractivity contribution in [2.45, 2.75) is 25.7 Å². The third-order valence-corrected chi connectivity index (χ3v) is 2.53. The molecule has 14 heavy (non-hydrogen) atoms. The fraction of sp³-hybridized carbons (Fsp3) is 0.500. The average Bonchev–Trinajstić information content (AvgIpc) is 2.97. The van der Waals surface area contributed by atoms with Crippen molar-refractivity contribution in [2.24, 2.45) is 5.92 Å². The van der Waals surface area contributed by atoms with Gasteiger partial charge in [0.1, 0.15) is 5.82 Å². The minimum Gasteiger partial charge on any atom is -0.481 e. The van der Waals surface area contributed by atoms with Crippen LogP contribution in [-0.2, 0) is 11.2 Å². The first-order valence-corrected chi connectivity index (χ1v) is 4.77. The van der Waals surface area contributed by atoms with Crippen molar-refractivity contribution in [3.8, 4) is 0 Å². The van der Waals surface area contributed by atoms with Crippen LogP contribution in [0.15, 0.2) is 12.3 Å². The molecular weight excluding hydrogens is 180 g/mol. The summed E-state index contributed by atoms with van der Waals surface area (Å²) in [5.41, 5.74) is 0.978. The molecule has 1 saturated carbocycles. The number of carboxylic acid groups (broad SMARTS) is 1. The molecule has 1 aromatic heterocycles. The third-order valence-electron chi connectivity index (χ3n) is 2.53. The van der Waals surface area contributed by atoms with E-state index in [1.807, 2.05) is 13.0 Å². The second kappa shape index (κ2) is 3.36. The summed E-state index contributed by atoms with van der Waals surface area (Å²) in [6, 6.07) is 1.86. The van der Waals surface area contributed by atoms with Crippen LogP contribution in [0, 0.1) is 5.92 Å². The first-order chi connectivity index (χ1) is 6.72. The smallest absolute Gasteiger partial charge is 0.307 e. The molecule has 2 rings (SSSR count). The Bertz CT molecular complexity index is 365. The maximum absolute atomic E-state index is 10.6. The first-order valence-electron chi connectivity index (χ1n) is 4.77. The Balaban J connectivity index is 2.15. The largest absolute Gasteiger partial charge is 0.481 e. The SMILES string of the molecule is CCc1ccnc(C2CC2C(=O)O)n1. The van der Waals surface area contributed by atoms with E-state index in [4.69, 9.17) is 5.11 Å². The Labute approximate surface area is 82.0 Å². The van der Waals surface area contributed by atoms with Crippen molar-refractivity contribution in [3.63, 3.8) is 0 Å². The molecule has 4 nitrogen and oxygen atoms in total. The van der Waals surface area contributed by atoms with E-state index in [2.05, 4.69) is 9.97 Å². The van der Waals surface area contributed by atoms with E-state index in [0.29, 0.717) is 12.2 Å². The Kier molecular flexibility index (Phi) is 2.19. The average molecular weight is 192 g/mol. The number of aromatic nitrogens is 2. The zero-order chi connectivity index (χ0) is 10.1. The summed E-state index contributed by atoms with van der Waals surface area (Å²) in [4.78, 5) is 19.1. The van der Waals surface area contributed by atoms with Crippen LogP contribution in [0.5, 0.6) is 0 Å². The summed E-state index contributed by atoms with van der Waals surface area (Å²) in [5, 5.41) is 8.76. The van der Waals surface area contributed by atoms with Gasteiger partial charge in [0, 0.05) is 17.8 Å². The van der Waals surface area contributed by atoms with Gasteiger partial charge < -0.3 is 5.11 Å². The van der Waals surface area contributed by atoms with Crippen LogP contribution in [-0.4, -0.2) is 21.0 Å². The number of hydrogen-bond donors (Lipinski definition) is 1.